The van der Waals surface area contributed by atoms with Gasteiger partial charge in [-0.2, -0.15) is 0 Å². The minimum atomic E-state index is 0.830. The molecule has 1 aliphatic heterocycles. The highest BCUT2D eigenvalue weighted by atomic mass is 15.5. The van der Waals surface area contributed by atoms with Crippen molar-refractivity contribution in [1.29, 1.82) is 0 Å². The maximum atomic E-state index is 4.29. The minimum Gasteiger partial charge on any atom is -0.313 e. The number of hydrogen-bond acceptors (Lipinski definition) is 5. The molecule has 0 radical (unpaired) electrons. The average Bonchev–Trinajstić information content (AvgIpc) is 3.05. The van der Waals surface area contributed by atoms with E-state index in [9.17, 15) is 0 Å². The Morgan fingerprint density at radius 2 is 1.74 bits per heavy atom. The number of hydrogen-bond donors (Lipinski definition) is 1. The molecule has 0 amide bonds. The second-order valence-corrected chi connectivity index (χ2v) is 5.40. The molecule has 2 heterocycles. The number of fused-ring (bicyclic) bond motifs is 1. The molecule has 0 aliphatic carbocycles. The van der Waals surface area contributed by atoms with Gasteiger partial charge in [-0.3, -0.25) is 5.01 Å². The normalized spacial score (nSPS) is 15.6. The molecule has 116 valence electrons. The summed E-state index contributed by atoms with van der Waals surface area (Å²) in [4.78, 5) is 0. The molecule has 0 saturated carbocycles. The fraction of sp³-hybridized carbons (Fsp3) is 0.250. The first kappa shape index (κ1) is 13.8. The lowest BCUT2D eigenvalue weighted by Crippen LogP contribution is -2.40. The summed E-state index contributed by atoms with van der Waals surface area (Å²) in [6.45, 7) is 3.70. The second kappa shape index (κ2) is 6.13. The van der Waals surface area contributed by atoms with Crippen LogP contribution in [-0.2, 0) is 0 Å². The third-order valence-corrected chi connectivity index (χ3v) is 3.83. The summed E-state index contributed by atoms with van der Waals surface area (Å²) in [5, 5.41) is 22.2. The maximum Gasteiger partial charge on any atom is 0.113 e. The van der Waals surface area contributed by atoms with Crippen LogP contribution in [0.5, 0.6) is 0 Å². The van der Waals surface area contributed by atoms with Gasteiger partial charge in [0, 0.05) is 13.1 Å². The molecule has 1 saturated heterocycles. The lowest BCUT2D eigenvalue weighted by molar-refractivity contribution is 0.237. The predicted molar refractivity (Wildman–Crippen MR) is 87.8 cm³/mol. The fourth-order valence-electron chi connectivity index (χ4n) is 2.58. The quantitative estimate of drug-likeness (QED) is 0.754. The Morgan fingerprint density at radius 1 is 0.957 bits per heavy atom. The van der Waals surface area contributed by atoms with Gasteiger partial charge in [-0.05, 0) is 36.4 Å². The van der Waals surface area contributed by atoms with Crippen molar-refractivity contribution in [1.82, 2.24) is 25.3 Å². The van der Waals surface area contributed by atoms with Crippen molar-refractivity contribution < 1.29 is 0 Å². The van der Waals surface area contributed by atoms with Crippen LogP contribution in [0.25, 0.3) is 16.7 Å². The van der Waals surface area contributed by atoms with Gasteiger partial charge >= 0.3 is 0 Å². The van der Waals surface area contributed by atoms with Gasteiger partial charge in [0.2, 0.25) is 0 Å². The van der Waals surface area contributed by atoms with Crippen molar-refractivity contribution in [3.8, 4) is 5.69 Å². The first-order chi connectivity index (χ1) is 11.4. The van der Waals surface area contributed by atoms with Crippen molar-refractivity contribution in [2.24, 2.45) is 10.3 Å². The molecule has 3 aromatic rings. The van der Waals surface area contributed by atoms with Crippen LogP contribution in [0.3, 0.4) is 0 Å². The second-order valence-electron chi connectivity index (χ2n) is 5.40. The summed E-state index contributed by atoms with van der Waals surface area (Å²) in [6, 6.07) is 15.7. The van der Waals surface area contributed by atoms with Crippen LogP contribution in [0, 0.1) is 0 Å². The Bertz CT molecular complexity index is 816. The van der Waals surface area contributed by atoms with Crippen LogP contribution < -0.4 is 5.32 Å². The third kappa shape index (κ3) is 2.91. The van der Waals surface area contributed by atoms with E-state index >= 15 is 0 Å². The van der Waals surface area contributed by atoms with E-state index in [0.29, 0.717) is 0 Å². The van der Waals surface area contributed by atoms with Gasteiger partial charge in [0.05, 0.1) is 30.0 Å². The topological polar surface area (TPSA) is 70.7 Å². The minimum absolute atomic E-state index is 0.830. The number of benzene rings is 2. The largest absolute Gasteiger partial charge is 0.313 e. The summed E-state index contributed by atoms with van der Waals surface area (Å²) in [6.07, 6.45) is 0. The maximum absolute atomic E-state index is 4.29. The van der Waals surface area contributed by atoms with Gasteiger partial charge in [0.1, 0.15) is 5.52 Å². The number of piperazine rings is 1. The third-order valence-electron chi connectivity index (χ3n) is 3.83. The summed E-state index contributed by atoms with van der Waals surface area (Å²) >= 11 is 0. The Labute approximate surface area is 133 Å². The van der Waals surface area contributed by atoms with Gasteiger partial charge in [-0.15, -0.1) is 10.2 Å². The van der Waals surface area contributed by atoms with Gasteiger partial charge in [0.25, 0.3) is 0 Å². The monoisotopic (exact) mass is 307 g/mol. The molecule has 1 aromatic heterocycles. The average molecular weight is 307 g/mol. The molecule has 1 N–H and O–H groups in total. The lowest BCUT2D eigenvalue weighted by atomic mass is 10.2. The Morgan fingerprint density at radius 3 is 2.57 bits per heavy atom. The van der Waals surface area contributed by atoms with E-state index in [1.54, 1.807) is 0 Å². The predicted octanol–water partition coefficient (Wildman–Crippen LogP) is 2.32. The van der Waals surface area contributed by atoms with Crippen LogP contribution >= 0.6 is 0 Å². The summed E-state index contributed by atoms with van der Waals surface area (Å²) in [7, 11) is 0. The van der Waals surface area contributed by atoms with E-state index in [2.05, 4.69) is 26.0 Å². The van der Waals surface area contributed by atoms with Crippen LogP contribution in [0.4, 0.5) is 5.69 Å². The van der Waals surface area contributed by atoms with Gasteiger partial charge in [0.15, 0.2) is 0 Å². The summed E-state index contributed by atoms with van der Waals surface area (Å²) < 4.78 is 1.83. The zero-order valence-corrected chi connectivity index (χ0v) is 12.6. The molecule has 2 aromatic carbocycles. The van der Waals surface area contributed by atoms with Gasteiger partial charge in [-0.1, -0.05) is 22.6 Å². The van der Waals surface area contributed by atoms with E-state index in [1.165, 1.54) is 0 Å². The smallest absolute Gasteiger partial charge is 0.113 e. The fourth-order valence-corrected chi connectivity index (χ4v) is 2.58. The van der Waals surface area contributed by atoms with E-state index in [-0.39, 0.29) is 0 Å². The first-order valence-electron chi connectivity index (χ1n) is 7.68. The first-order valence-corrected chi connectivity index (χ1v) is 7.68. The van der Waals surface area contributed by atoms with Gasteiger partial charge in [-0.25, -0.2) is 4.68 Å². The highest BCUT2D eigenvalue weighted by molar-refractivity contribution is 5.75. The molecule has 23 heavy (non-hydrogen) atoms. The molecule has 1 aliphatic rings. The van der Waals surface area contributed by atoms with E-state index in [0.717, 1.165) is 48.6 Å². The Balaban J connectivity index is 1.54. The SMILES string of the molecule is c1ccc2c(c1)nnn2-c1ccc(N=NN2CCNCC2)cc1. The summed E-state index contributed by atoms with van der Waals surface area (Å²) in [5.41, 5.74) is 3.66. The molecule has 0 atom stereocenters. The van der Waals surface area contributed by atoms with E-state index in [1.807, 2.05) is 58.2 Å². The number of rotatable bonds is 3. The molecule has 0 unspecified atom stereocenters. The van der Waals surface area contributed by atoms with Crippen molar-refractivity contribution in [2.75, 3.05) is 26.2 Å². The van der Waals surface area contributed by atoms with Crippen molar-refractivity contribution in [2.45, 2.75) is 0 Å². The zero-order valence-electron chi connectivity index (χ0n) is 12.6. The molecule has 7 nitrogen and oxygen atoms in total. The van der Waals surface area contributed by atoms with Crippen LogP contribution in [0.1, 0.15) is 0 Å². The molecule has 4 rings (SSSR count). The van der Waals surface area contributed by atoms with Crippen LogP contribution in [-0.4, -0.2) is 46.2 Å². The van der Waals surface area contributed by atoms with Crippen LogP contribution in [0.15, 0.2) is 58.9 Å². The molecule has 0 bridgehead atoms. The van der Waals surface area contributed by atoms with Crippen molar-refractivity contribution in [3.05, 3.63) is 48.5 Å². The highest BCUT2D eigenvalue weighted by Gasteiger charge is 2.07. The number of aromatic nitrogens is 3. The van der Waals surface area contributed by atoms with E-state index < -0.39 is 0 Å². The number of nitrogens with zero attached hydrogens (tertiary/aromatic N) is 6. The Hall–Kier alpha value is -2.80. The molecular formula is C16H17N7. The van der Waals surface area contributed by atoms with Crippen molar-refractivity contribution >= 4 is 16.7 Å². The molecule has 1 fully saturated rings. The van der Waals surface area contributed by atoms with E-state index in [4.69, 9.17) is 0 Å². The van der Waals surface area contributed by atoms with Crippen LogP contribution in [0.2, 0.25) is 0 Å². The molecule has 7 heteroatoms. The van der Waals surface area contributed by atoms with Gasteiger partial charge < -0.3 is 5.32 Å². The molecule has 0 spiro atoms. The zero-order chi connectivity index (χ0) is 15.5. The highest BCUT2D eigenvalue weighted by Crippen LogP contribution is 2.19. The number of nitrogens with one attached hydrogen (secondary N) is 1. The number of para-hydroxylation sites is 1. The van der Waals surface area contributed by atoms with Crippen molar-refractivity contribution in [3.63, 3.8) is 0 Å². The molecular weight excluding hydrogens is 290 g/mol. The standard InChI is InChI=1S/C16H17N7/c1-2-4-16-15(3-1)19-21-23(16)14-7-5-13(6-8-14)18-20-22-11-9-17-10-12-22/h1-8,17H,9-12H2. The Kier molecular flexibility index (Phi) is 3.69. The summed E-state index contributed by atoms with van der Waals surface area (Å²) in [5.74, 6) is 0. The lowest BCUT2D eigenvalue weighted by Gasteiger charge is -2.22.